The van der Waals surface area contributed by atoms with E-state index < -0.39 is 5.67 Å². The van der Waals surface area contributed by atoms with Crippen molar-refractivity contribution in [3.05, 3.63) is 30.1 Å². The second-order valence-electron chi connectivity index (χ2n) is 3.56. The topological polar surface area (TPSA) is 37.9 Å². The summed E-state index contributed by atoms with van der Waals surface area (Å²) < 4.78 is 18.7. The molecule has 72 valence electrons. The Morgan fingerprint density at radius 3 is 2.79 bits per heavy atom. The van der Waals surface area contributed by atoms with Crippen LogP contribution in [0.2, 0.25) is 0 Å². The molecule has 4 heteroatoms. The van der Waals surface area contributed by atoms with Crippen molar-refractivity contribution in [1.82, 2.24) is 9.97 Å². The number of benzene rings is 1. The smallest absolute Gasteiger partial charge is 0.214 e. The Bertz CT molecular complexity index is 443. The summed E-state index contributed by atoms with van der Waals surface area (Å²) in [5.41, 5.74) is 0.261. The van der Waals surface area contributed by atoms with Crippen molar-refractivity contribution in [2.45, 2.75) is 5.67 Å². The predicted octanol–water partition coefficient (Wildman–Crippen LogP) is 1.76. The molecular formula is C10H9FN2O. The maximum Gasteiger partial charge on any atom is 0.214 e. The van der Waals surface area contributed by atoms with E-state index in [1.165, 1.54) is 0 Å². The van der Waals surface area contributed by atoms with Gasteiger partial charge in [-0.2, -0.15) is 0 Å². The SMILES string of the molecule is FC1(c2nc3ccccc3[nH]2)COC1. The molecule has 1 aliphatic rings. The van der Waals surface area contributed by atoms with E-state index in [9.17, 15) is 4.39 Å². The van der Waals surface area contributed by atoms with Crippen molar-refractivity contribution < 1.29 is 9.13 Å². The average molecular weight is 192 g/mol. The Kier molecular flexibility index (Phi) is 1.44. The van der Waals surface area contributed by atoms with Crippen molar-refractivity contribution in [2.75, 3.05) is 13.2 Å². The second-order valence-corrected chi connectivity index (χ2v) is 3.56. The number of hydrogen-bond donors (Lipinski definition) is 1. The maximum absolute atomic E-state index is 13.9. The van der Waals surface area contributed by atoms with Crippen LogP contribution < -0.4 is 0 Å². The van der Waals surface area contributed by atoms with Crippen LogP contribution in [-0.2, 0) is 10.4 Å². The summed E-state index contributed by atoms with van der Waals surface area (Å²) in [6, 6.07) is 7.52. The van der Waals surface area contributed by atoms with E-state index >= 15 is 0 Å². The van der Waals surface area contributed by atoms with Gasteiger partial charge in [-0.05, 0) is 12.1 Å². The zero-order valence-corrected chi connectivity index (χ0v) is 7.46. The van der Waals surface area contributed by atoms with Crippen LogP contribution in [0.25, 0.3) is 11.0 Å². The quantitative estimate of drug-likeness (QED) is 0.747. The van der Waals surface area contributed by atoms with Gasteiger partial charge in [0.05, 0.1) is 24.2 Å². The molecule has 1 aromatic heterocycles. The number of rotatable bonds is 1. The number of aromatic nitrogens is 2. The molecule has 0 radical (unpaired) electrons. The number of hydrogen-bond acceptors (Lipinski definition) is 2. The highest BCUT2D eigenvalue weighted by Crippen LogP contribution is 2.32. The zero-order chi connectivity index (χ0) is 9.60. The summed E-state index contributed by atoms with van der Waals surface area (Å²) in [6.45, 7) is 0.208. The molecule has 1 fully saturated rings. The fourth-order valence-corrected chi connectivity index (χ4v) is 1.58. The number of aromatic amines is 1. The number of H-pyrrole nitrogens is 1. The highest BCUT2D eigenvalue weighted by Gasteiger charge is 2.43. The van der Waals surface area contributed by atoms with Crippen LogP contribution in [0.5, 0.6) is 0 Å². The third-order valence-electron chi connectivity index (χ3n) is 2.48. The molecule has 14 heavy (non-hydrogen) atoms. The molecule has 1 aliphatic heterocycles. The molecule has 1 aromatic carbocycles. The van der Waals surface area contributed by atoms with E-state index in [1.54, 1.807) is 0 Å². The van der Waals surface area contributed by atoms with Crippen LogP contribution in [0.1, 0.15) is 5.82 Å². The number of nitrogens with one attached hydrogen (secondary N) is 1. The zero-order valence-electron chi connectivity index (χ0n) is 7.46. The first kappa shape index (κ1) is 7.94. The Hall–Kier alpha value is -1.42. The number of ether oxygens (including phenoxy) is 1. The minimum absolute atomic E-state index is 0.104. The van der Waals surface area contributed by atoms with E-state index in [4.69, 9.17) is 4.74 Å². The van der Waals surface area contributed by atoms with Crippen LogP contribution in [0.15, 0.2) is 24.3 Å². The lowest BCUT2D eigenvalue weighted by atomic mass is 10.0. The standard InChI is InChI=1S/C10H9FN2O/c11-10(5-14-6-10)9-12-7-3-1-2-4-8(7)13-9/h1-4H,5-6H2,(H,12,13). The van der Waals surface area contributed by atoms with Crippen LogP contribution in [0, 0.1) is 0 Å². The highest BCUT2D eigenvalue weighted by molar-refractivity contribution is 5.74. The molecule has 3 nitrogen and oxygen atoms in total. The third-order valence-corrected chi connectivity index (χ3v) is 2.48. The lowest BCUT2D eigenvalue weighted by Gasteiger charge is -2.31. The van der Waals surface area contributed by atoms with Crippen LogP contribution >= 0.6 is 0 Å². The van der Waals surface area contributed by atoms with E-state index in [1.807, 2.05) is 24.3 Å². The van der Waals surface area contributed by atoms with Crippen LogP contribution in [0.4, 0.5) is 4.39 Å². The summed E-state index contributed by atoms with van der Waals surface area (Å²) >= 11 is 0. The fourth-order valence-electron chi connectivity index (χ4n) is 1.58. The molecule has 1 saturated heterocycles. The highest BCUT2D eigenvalue weighted by atomic mass is 19.1. The molecule has 0 amide bonds. The molecule has 0 spiro atoms. The van der Waals surface area contributed by atoms with Gasteiger partial charge in [0.2, 0.25) is 5.67 Å². The molecule has 0 atom stereocenters. The maximum atomic E-state index is 13.9. The van der Waals surface area contributed by atoms with Crippen molar-refractivity contribution >= 4 is 11.0 Å². The number of fused-ring (bicyclic) bond motifs is 1. The first-order valence-corrected chi connectivity index (χ1v) is 4.50. The number of nitrogens with zero attached hydrogens (tertiary/aromatic N) is 1. The molecule has 0 aliphatic carbocycles. The first-order chi connectivity index (χ1) is 6.78. The minimum atomic E-state index is -1.40. The van der Waals surface area contributed by atoms with Crippen LogP contribution in [0.3, 0.4) is 0 Å². The predicted molar refractivity (Wildman–Crippen MR) is 49.7 cm³/mol. The Morgan fingerprint density at radius 2 is 2.14 bits per heavy atom. The van der Waals surface area contributed by atoms with Gasteiger partial charge in [0.25, 0.3) is 0 Å². The van der Waals surface area contributed by atoms with Gasteiger partial charge in [-0.3, -0.25) is 0 Å². The van der Waals surface area contributed by atoms with Gasteiger partial charge in [-0.25, -0.2) is 9.37 Å². The van der Waals surface area contributed by atoms with E-state index in [2.05, 4.69) is 9.97 Å². The minimum Gasteiger partial charge on any atom is -0.374 e. The van der Waals surface area contributed by atoms with Gasteiger partial charge in [0.1, 0.15) is 5.82 Å². The van der Waals surface area contributed by atoms with Gasteiger partial charge in [-0.1, -0.05) is 12.1 Å². The van der Waals surface area contributed by atoms with E-state index in [0.717, 1.165) is 11.0 Å². The molecule has 2 heterocycles. The third kappa shape index (κ3) is 0.974. The van der Waals surface area contributed by atoms with Gasteiger partial charge in [0, 0.05) is 0 Å². The summed E-state index contributed by atoms with van der Waals surface area (Å²) in [5, 5.41) is 0. The van der Waals surface area contributed by atoms with Crippen LogP contribution in [-0.4, -0.2) is 23.2 Å². The molecular weight excluding hydrogens is 183 g/mol. The lowest BCUT2D eigenvalue weighted by molar-refractivity contribution is -0.139. The summed E-state index contributed by atoms with van der Waals surface area (Å²) in [7, 11) is 0. The molecule has 3 rings (SSSR count). The molecule has 0 bridgehead atoms. The Labute approximate surface area is 79.9 Å². The monoisotopic (exact) mass is 192 g/mol. The van der Waals surface area contributed by atoms with Crippen molar-refractivity contribution in [3.63, 3.8) is 0 Å². The van der Waals surface area contributed by atoms with E-state index in [0.29, 0.717) is 5.82 Å². The molecule has 0 unspecified atom stereocenters. The van der Waals surface area contributed by atoms with E-state index in [-0.39, 0.29) is 13.2 Å². The number of halogens is 1. The normalized spacial score (nSPS) is 19.5. The molecule has 1 N–H and O–H groups in total. The van der Waals surface area contributed by atoms with Crippen molar-refractivity contribution in [1.29, 1.82) is 0 Å². The Morgan fingerprint density at radius 1 is 1.36 bits per heavy atom. The van der Waals surface area contributed by atoms with Gasteiger partial charge < -0.3 is 9.72 Å². The number of para-hydroxylation sites is 2. The number of alkyl halides is 1. The summed E-state index contributed by atoms with van der Waals surface area (Å²) in [6.07, 6.45) is 0. The largest absolute Gasteiger partial charge is 0.374 e. The van der Waals surface area contributed by atoms with Gasteiger partial charge >= 0.3 is 0 Å². The van der Waals surface area contributed by atoms with Crippen molar-refractivity contribution in [2.24, 2.45) is 0 Å². The van der Waals surface area contributed by atoms with Gasteiger partial charge in [-0.15, -0.1) is 0 Å². The van der Waals surface area contributed by atoms with Crippen molar-refractivity contribution in [3.8, 4) is 0 Å². The van der Waals surface area contributed by atoms with Gasteiger partial charge in [0.15, 0.2) is 0 Å². The fraction of sp³-hybridized carbons (Fsp3) is 0.300. The molecule has 2 aromatic rings. The lowest BCUT2D eigenvalue weighted by Crippen LogP contribution is -2.43. The average Bonchev–Trinajstić information content (AvgIpc) is 2.57. The summed E-state index contributed by atoms with van der Waals surface area (Å²) in [4.78, 5) is 7.17. The summed E-state index contributed by atoms with van der Waals surface area (Å²) in [5.74, 6) is 0.380. The Balaban J connectivity index is 2.14. The number of imidazole rings is 1. The first-order valence-electron chi connectivity index (χ1n) is 4.50. The molecule has 0 saturated carbocycles. The second kappa shape index (κ2) is 2.54.